The first-order valence-electron chi connectivity index (χ1n) is 8.52. The van der Waals surface area contributed by atoms with E-state index in [1.54, 1.807) is 6.92 Å². The molecule has 0 bridgehead atoms. The van der Waals surface area contributed by atoms with E-state index >= 15 is 0 Å². The van der Waals surface area contributed by atoms with E-state index in [1.807, 2.05) is 35.7 Å². The van der Waals surface area contributed by atoms with Gasteiger partial charge in [-0.25, -0.2) is 9.78 Å². The third kappa shape index (κ3) is 4.01. The van der Waals surface area contributed by atoms with Crippen LogP contribution in [0.15, 0.2) is 35.7 Å². The molecule has 3 aromatic rings. The molecule has 0 spiro atoms. The minimum Gasteiger partial charge on any atom is -0.465 e. The van der Waals surface area contributed by atoms with Crippen LogP contribution in [-0.2, 0) is 16.0 Å². The van der Waals surface area contributed by atoms with Crippen molar-refractivity contribution >= 4 is 34.1 Å². The molecule has 0 aliphatic carbocycles. The van der Waals surface area contributed by atoms with Gasteiger partial charge in [-0.2, -0.15) is 0 Å². The van der Waals surface area contributed by atoms with Crippen molar-refractivity contribution in [2.75, 3.05) is 12.4 Å². The second-order valence-electron chi connectivity index (χ2n) is 6.16. The molecule has 0 radical (unpaired) electrons. The molecule has 144 valence electrons. The number of hydrogen-bond acceptors (Lipinski definition) is 6. The molecule has 28 heavy (non-hydrogen) atoms. The van der Waals surface area contributed by atoms with Gasteiger partial charge in [0.2, 0.25) is 5.91 Å². The summed E-state index contributed by atoms with van der Waals surface area (Å²) in [5.74, 6) is -1.16. The Labute approximate surface area is 165 Å². The van der Waals surface area contributed by atoms with Gasteiger partial charge in [0.15, 0.2) is 10.9 Å². The summed E-state index contributed by atoms with van der Waals surface area (Å²) < 4.78 is 4.79. The summed E-state index contributed by atoms with van der Waals surface area (Å²) in [6.45, 7) is 3.04. The molecule has 0 unspecified atom stereocenters. The van der Waals surface area contributed by atoms with Crippen molar-refractivity contribution in [2.24, 2.45) is 0 Å². The lowest BCUT2D eigenvalue weighted by Gasteiger charge is -2.04. The first-order chi connectivity index (χ1) is 13.4. The number of carbonyl (C=O) groups excluding carboxylic acids is 3. The highest BCUT2D eigenvalue weighted by molar-refractivity contribution is 7.14. The molecule has 3 rings (SSSR count). The molecule has 0 aliphatic rings. The Morgan fingerprint density at radius 2 is 1.93 bits per heavy atom. The summed E-state index contributed by atoms with van der Waals surface area (Å²) in [5, 5.41) is 5.05. The molecule has 2 N–H and O–H groups in total. The molecule has 0 fully saturated rings. The zero-order valence-electron chi connectivity index (χ0n) is 15.7. The number of amides is 1. The number of benzene rings is 1. The number of thiazole rings is 1. The fourth-order valence-electron chi connectivity index (χ4n) is 2.92. The smallest absolute Gasteiger partial charge is 0.339 e. The van der Waals surface area contributed by atoms with E-state index in [-0.39, 0.29) is 23.7 Å². The maximum Gasteiger partial charge on any atom is 0.339 e. The van der Waals surface area contributed by atoms with Gasteiger partial charge < -0.3 is 15.0 Å². The lowest BCUT2D eigenvalue weighted by atomic mass is 10.1. The largest absolute Gasteiger partial charge is 0.465 e. The highest BCUT2D eigenvalue weighted by atomic mass is 32.1. The third-order valence-electron chi connectivity index (χ3n) is 4.23. The van der Waals surface area contributed by atoms with Gasteiger partial charge in [0.05, 0.1) is 30.5 Å². The predicted octanol–water partition coefficient (Wildman–Crippen LogP) is 3.62. The van der Waals surface area contributed by atoms with Crippen molar-refractivity contribution in [1.82, 2.24) is 9.97 Å². The normalized spacial score (nSPS) is 10.5. The van der Waals surface area contributed by atoms with Crippen LogP contribution in [-0.4, -0.2) is 34.7 Å². The number of H-pyrrole nitrogens is 1. The highest BCUT2D eigenvalue weighted by Crippen LogP contribution is 2.25. The summed E-state index contributed by atoms with van der Waals surface area (Å²) in [5.41, 5.74) is 3.05. The predicted molar refractivity (Wildman–Crippen MR) is 107 cm³/mol. The third-order valence-corrected chi connectivity index (χ3v) is 4.98. The van der Waals surface area contributed by atoms with Gasteiger partial charge in [-0.15, -0.1) is 11.3 Å². The molecular weight excluding hydrogens is 378 g/mol. The molecule has 0 aliphatic heterocycles. The van der Waals surface area contributed by atoms with Gasteiger partial charge in [-0.3, -0.25) is 9.59 Å². The minimum atomic E-state index is -0.593. The maximum absolute atomic E-state index is 12.5. The molecule has 1 amide bonds. The van der Waals surface area contributed by atoms with Crippen LogP contribution in [0.2, 0.25) is 0 Å². The number of nitrogens with one attached hydrogen (secondary N) is 2. The lowest BCUT2D eigenvalue weighted by molar-refractivity contribution is -0.115. The molecule has 0 saturated carbocycles. The van der Waals surface area contributed by atoms with Crippen LogP contribution in [0.4, 0.5) is 5.13 Å². The van der Waals surface area contributed by atoms with E-state index in [2.05, 4.69) is 15.3 Å². The Morgan fingerprint density at radius 3 is 2.57 bits per heavy atom. The van der Waals surface area contributed by atoms with Crippen LogP contribution in [0.25, 0.3) is 11.3 Å². The van der Waals surface area contributed by atoms with Crippen LogP contribution in [0.5, 0.6) is 0 Å². The van der Waals surface area contributed by atoms with Crippen molar-refractivity contribution in [3.8, 4) is 11.3 Å². The molecule has 2 heterocycles. The van der Waals surface area contributed by atoms with Gasteiger partial charge in [0, 0.05) is 23.6 Å². The van der Waals surface area contributed by atoms with E-state index in [1.165, 1.54) is 25.4 Å². The average Bonchev–Trinajstić information content (AvgIpc) is 3.26. The summed E-state index contributed by atoms with van der Waals surface area (Å²) in [6, 6.07) is 9.64. The molecule has 8 heteroatoms. The molecule has 7 nitrogen and oxygen atoms in total. The Balaban J connectivity index is 1.78. The zero-order valence-corrected chi connectivity index (χ0v) is 16.5. The summed E-state index contributed by atoms with van der Waals surface area (Å²) >= 11 is 1.31. The van der Waals surface area contributed by atoms with E-state index < -0.39 is 5.97 Å². The number of ether oxygens (including phenoxy) is 1. The van der Waals surface area contributed by atoms with E-state index in [4.69, 9.17) is 4.74 Å². The number of methoxy groups -OCH3 is 1. The summed E-state index contributed by atoms with van der Waals surface area (Å²) in [4.78, 5) is 43.6. The van der Waals surface area contributed by atoms with E-state index in [9.17, 15) is 14.4 Å². The minimum absolute atomic E-state index is 0.112. The van der Waals surface area contributed by atoms with Crippen molar-refractivity contribution in [2.45, 2.75) is 20.3 Å². The maximum atomic E-state index is 12.5. The first kappa shape index (κ1) is 19.5. The van der Waals surface area contributed by atoms with E-state index in [0.717, 1.165) is 11.3 Å². The monoisotopic (exact) mass is 397 g/mol. The second kappa shape index (κ2) is 8.18. The molecule has 0 saturated heterocycles. The number of ketones is 1. The van der Waals surface area contributed by atoms with Crippen molar-refractivity contribution < 1.29 is 19.1 Å². The number of nitrogens with zero attached hydrogens (tertiary/aromatic N) is 1. The number of esters is 1. The standard InChI is InChI=1S/C20H19N3O4S/c1-11-17(19(26)27-3)14(21-18(11)12(2)24)9-16(25)23-20-22-15(10-28-20)13-7-5-4-6-8-13/h4-8,10,21H,9H2,1-3H3,(H,22,23,25). The zero-order chi connectivity index (χ0) is 20.3. The number of hydrogen-bond donors (Lipinski definition) is 2. The van der Waals surface area contributed by atoms with Crippen LogP contribution in [0, 0.1) is 6.92 Å². The quantitative estimate of drug-likeness (QED) is 0.489. The number of aromatic nitrogens is 2. The number of rotatable bonds is 6. The number of anilines is 1. The van der Waals surface area contributed by atoms with Crippen molar-refractivity contribution in [3.63, 3.8) is 0 Å². The van der Waals surface area contributed by atoms with Crippen LogP contribution in [0.1, 0.15) is 39.0 Å². The van der Waals surface area contributed by atoms with Crippen molar-refractivity contribution in [1.29, 1.82) is 0 Å². The Morgan fingerprint density at radius 1 is 1.21 bits per heavy atom. The van der Waals surface area contributed by atoms with Gasteiger partial charge in [-0.1, -0.05) is 30.3 Å². The van der Waals surface area contributed by atoms with Crippen LogP contribution in [0.3, 0.4) is 0 Å². The Bertz CT molecular complexity index is 1040. The van der Waals surface area contributed by atoms with Gasteiger partial charge in [0.1, 0.15) is 0 Å². The topological polar surface area (TPSA) is 101 Å². The summed E-state index contributed by atoms with van der Waals surface area (Å²) in [7, 11) is 1.26. The average molecular weight is 397 g/mol. The van der Waals surface area contributed by atoms with Gasteiger partial charge in [-0.05, 0) is 12.5 Å². The number of carbonyl (C=O) groups is 3. The Kier molecular flexibility index (Phi) is 5.70. The van der Waals surface area contributed by atoms with Crippen LogP contribution < -0.4 is 5.32 Å². The second-order valence-corrected chi connectivity index (χ2v) is 7.01. The lowest BCUT2D eigenvalue weighted by Crippen LogP contribution is -2.17. The number of aromatic amines is 1. The van der Waals surface area contributed by atoms with Gasteiger partial charge in [0.25, 0.3) is 0 Å². The highest BCUT2D eigenvalue weighted by Gasteiger charge is 2.24. The van der Waals surface area contributed by atoms with Gasteiger partial charge >= 0.3 is 5.97 Å². The number of Topliss-reactive ketones (excluding diaryl/α,β-unsaturated/α-hetero) is 1. The Hall–Kier alpha value is -3.26. The SMILES string of the molecule is COC(=O)c1c(CC(=O)Nc2nc(-c3ccccc3)cs2)[nH]c(C(C)=O)c1C. The fraction of sp³-hybridized carbons (Fsp3) is 0.200. The fourth-order valence-corrected chi connectivity index (χ4v) is 3.65. The van der Waals surface area contributed by atoms with Crippen LogP contribution >= 0.6 is 11.3 Å². The summed E-state index contributed by atoms with van der Waals surface area (Å²) in [6.07, 6.45) is -0.112. The van der Waals surface area contributed by atoms with E-state index in [0.29, 0.717) is 22.1 Å². The molecule has 2 aromatic heterocycles. The molecular formula is C20H19N3O4S. The molecule has 0 atom stereocenters. The molecule has 1 aromatic carbocycles. The first-order valence-corrected chi connectivity index (χ1v) is 9.40. The van der Waals surface area contributed by atoms with Crippen molar-refractivity contribution in [3.05, 3.63) is 58.2 Å².